The molecule has 9 atom stereocenters. The highest BCUT2D eigenvalue weighted by Crippen LogP contribution is 2.75. The molecular formula is C34H50O8. The molecule has 2 spiro atoms. The van der Waals surface area contributed by atoms with E-state index in [1.54, 1.807) is 0 Å². The summed E-state index contributed by atoms with van der Waals surface area (Å²) in [7, 11) is 0. The van der Waals surface area contributed by atoms with Gasteiger partial charge in [0.15, 0.2) is 5.78 Å². The van der Waals surface area contributed by atoms with E-state index >= 15 is 0 Å². The third-order valence-corrected chi connectivity index (χ3v) is 12.8. The minimum atomic E-state index is -1.09. The van der Waals surface area contributed by atoms with Crippen LogP contribution < -0.4 is 0 Å². The van der Waals surface area contributed by atoms with Crippen molar-refractivity contribution in [1.29, 1.82) is 0 Å². The summed E-state index contributed by atoms with van der Waals surface area (Å²) < 4.78 is 0. The molecule has 8 heteroatoms. The van der Waals surface area contributed by atoms with Crippen LogP contribution in [0, 0.1) is 39.4 Å². The van der Waals surface area contributed by atoms with Gasteiger partial charge in [-0.1, -0.05) is 40.0 Å². The van der Waals surface area contributed by atoms with Crippen LogP contribution >= 0.6 is 0 Å². The largest absolute Gasteiger partial charge is 0.478 e. The number of rotatable bonds is 7. The first-order valence-electron chi connectivity index (χ1n) is 16.1. The maximum atomic E-state index is 14.7. The van der Waals surface area contributed by atoms with Crippen molar-refractivity contribution in [2.45, 2.75) is 123 Å². The van der Waals surface area contributed by atoms with E-state index in [0.29, 0.717) is 43.3 Å². The van der Waals surface area contributed by atoms with Gasteiger partial charge in [-0.3, -0.25) is 9.59 Å². The van der Waals surface area contributed by atoms with Crippen LogP contribution in [0.15, 0.2) is 22.8 Å². The molecule has 5 N–H and O–H groups in total. The highest BCUT2D eigenvalue weighted by molar-refractivity contribution is 6.01. The highest BCUT2D eigenvalue weighted by Gasteiger charge is 2.73. The van der Waals surface area contributed by atoms with Crippen molar-refractivity contribution >= 4 is 17.5 Å². The predicted molar refractivity (Wildman–Crippen MR) is 156 cm³/mol. The lowest BCUT2D eigenvalue weighted by Gasteiger charge is -2.64. The Kier molecular flexibility index (Phi) is 8.21. The average Bonchev–Trinajstić information content (AvgIpc) is 3.15. The molecule has 0 aliphatic heterocycles. The number of carboxylic acid groups (broad SMARTS) is 1. The molecule has 0 aromatic rings. The van der Waals surface area contributed by atoms with Crippen LogP contribution in [0.5, 0.6) is 0 Å². The minimum absolute atomic E-state index is 0.0165. The lowest BCUT2D eigenvalue weighted by molar-refractivity contribution is -0.152. The number of Topliss-reactive ketones (excluding diaryl/α,β-unsaturated/α-hetero) is 2. The third-order valence-electron chi connectivity index (χ3n) is 12.8. The summed E-state index contributed by atoms with van der Waals surface area (Å²) in [6.07, 6.45) is 5.12. The second-order valence-corrected chi connectivity index (χ2v) is 14.9. The summed E-state index contributed by atoms with van der Waals surface area (Å²) >= 11 is 0. The van der Waals surface area contributed by atoms with Gasteiger partial charge in [-0.15, -0.1) is 0 Å². The number of hydrogen-bond acceptors (Lipinski definition) is 7. The molecule has 3 saturated carbocycles. The normalized spacial score (nSPS) is 41.3. The minimum Gasteiger partial charge on any atom is -0.478 e. The van der Waals surface area contributed by atoms with E-state index in [-0.39, 0.29) is 60.8 Å². The van der Waals surface area contributed by atoms with Gasteiger partial charge in [0.1, 0.15) is 5.78 Å². The number of aliphatic hydroxyl groups excluding tert-OH is 4. The molecule has 5 aliphatic rings. The van der Waals surface area contributed by atoms with Gasteiger partial charge >= 0.3 is 5.97 Å². The van der Waals surface area contributed by atoms with Crippen molar-refractivity contribution in [3.63, 3.8) is 0 Å². The molecule has 234 valence electrons. The van der Waals surface area contributed by atoms with Gasteiger partial charge in [0.2, 0.25) is 0 Å². The van der Waals surface area contributed by atoms with Crippen LogP contribution in [0.3, 0.4) is 0 Å². The molecule has 9 unspecified atom stereocenters. The summed E-state index contributed by atoms with van der Waals surface area (Å²) in [4.78, 5) is 39.2. The Hall–Kier alpha value is -1.87. The quantitative estimate of drug-likeness (QED) is 0.279. The Bertz CT molecular complexity index is 1200. The topological polar surface area (TPSA) is 152 Å². The van der Waals surface area contributed by atoms with Gasteiger partial charge in [-0.05, 0) is 86.7 Å². The lowest BCUT2D eigenvalue weighted by Crippen LogP contribution is -2.63. The summed E-state index contributed by atoms with van der Waals surface area (Å²) in [6.45, 7) is 7.19. The van der Waals surface area contributed by atoms with E-state index in [0.717, 1.165) is 25.7 Å². The number of aliphatic carboxylic acids is 1. The van der Waals surface area contributed by atoms with Gasteiger partial charge in [-0.25, -0.2) is 4.79 Å². The van der Waals surface area contributed by atoms with E-state index in [9.17, 15) is 39.9 Å². The molecule has 3 fully saturated rings. The maximum absolute atomic E-state index is 14.7. The van der Waals surface area contributed by atoms with Gasteiger partial charge < -0.3 is 25.5 Å². The standard InChI is InChI=1S/C34H50O8/c1-19(14-21(36)15-20(2)30(41)42)22-16-27(40)34(12-13-35)29-23(37)17-25-31(3,4)26(39)8-11-32(25)9-6-5-7-10-33(22,34)18-24(38)28(29)32/h15,19,21-23,25,27,35-37,40H,5-14,16-18H2,1-4H3,(H,41,42). The van der Waals surface area contributed by atoms with Crippen molar-refractivity contribution in [3.8, 4) is 0 Å². The second-order valence-electron chi connectivity index (χ2n) is 14.9. The fraction of sp³-hybridized carbons (Fsp3) is 0.794. The van der Waals surface area contributed by atoms with Gasteiger partial charge in [0.25, 0.3) is 0 Å². The van der Waals surface area contributed by atoms with E-state index < -0.39 is 45.9 Å². The Morgan fingerprint density at radius 3 is 2.43 bits per heavy atom. The van der Waals surface area contributed by atoms with Gasteiger partial charge in [0, 0.05) is 46.8 Å². The zero-order valence-corrected chi connectivity index (χ0v) is 25.7. The third kappa shape index (κ3) is 4.33. The van der Waals surface area contributed by atoms with Gasteiger partial charge in [-0.2, -0.15) is 0 Å². The number of carbonyl (C=O) groups excluding carboxylic acids is 2. The molecule has 5 rings (SSSR count). The smallest absolute Gasteiger partial charge is 0.331 e. The number of fused-ring (bicyclic) bond motifs is 2. The first-order chi connectivity index (χ1) is 19.7. The highest BCUT2D eigenvalue weighted by atomic mass is 16.4. The number of aliphatic hydroxyl groups is 4. The Balaban J connectivity index is 1.70. The second kappa shape index (κ2) is 10.9. The molecule has 2 bridgehead atoms. The fourth-order valence-electron chi connectivity index (χ4n) is 11.2. The number of allylic oxidation sites excluding steroid dienone is 1. The van der Waals surface area contributed by atoms with Crippen molar-refractivity contribution in [1.82, 2.24) is 0 Å². The summed E-state index contributed by atoms with van der Waals surface area (Å²) in [5.74, 6) is -1.39. The molecule has 0 heterocycles. The van der Waals surface area contributed by atoms with Crippen LogP contribution in [-0.2, 0) is 14.4 Å². The summed E-state index contributed by atoms with van der Waals surface area (Å²) in [5, 5.41) is 54.9. The number of hydrogen-bond donors (Lipinski definition) is 5. The molecule has 5 aliphatic carbocycles. The predicted octanol–water partition coefficient (Wildman–Crippen LogP) is 4.13. The number of carboxylic acids is 1. The molecule has 0 aromatic heterocycles. The van der Waals surface area contributed by atoms with Gasteiger partial charge in [0.05, 0.1) is 18.3 Å². The molecule has 0 radical (unpaired) electrons. The first-order valence-corrected chi connectivity index (χ1v) is 16.1. The molecule has 0 aromatic carbocycles. The van der Waals surface area contributed by atoms with Crippen molar-refractivity contribution < 1.29 is 39.9 Å². The van der Waals surface area contributed by atoms with Crippen LogP contribution in [0.1, 0.15) is 105 Å². The SMILES string of the molecule is CC(=CC(O)CC(C)C1CC(O)C2(CCO)C3=C4C(=O)CC12CCCCCC41CCC(=O)C(C)(C)C1CC3O)C(=O)O. The Morgan fingerprint density at radius 1 is 1.07 bits per heavy atom. The van der Waals surface area contributed by atoms with Crippen molar-refractivity contribution in [2.75, 3.05) is 6.61 Å². The maximum Gasteiger partial charge on any atom is 0.331 e. The van der Waals surface area contributed by atoms with Crippen molar-refractivity contribution in [3.05, 3.63) is 22.8 Å². The number of ketones is 2. The van der Waals surface area contributed by atoms with E-state index in [1.807, 2.05) is 20.8 Å². The van der Waals surface area contributed by atoms with E-state index in [1.165, 1.54) is 13.0 Å². The van der Waals surface area contributed by atoms with Crippen LogP contribution in [0.2, 0.25) is 0 Å². The van der Waals surface area contributed by atoms with Crippen LogP contribution in [-0.4, -0.2) is 68.0 Å². The van der Waals surface area contributed by atoms with Crippen LogP contribution in [0.4, 0.5) is 0 Å². The molecule has 0 amide bonds. The van der Waals surface area contributed by atoms with E-state index in [2.05, 4.69) is 0 Å². The Labute approximate surface area is 249 Å². The zero-order valence-electron chi connectivity index (χ0n) is 25.7. The monoisotopic (exact) mass is 586 g/mol. The zero-order chi connectivity index (χ0) is 30.8. The molecule has 8 nitrogen and oxygen atoms in total. The molecule has 0 saturated heterocycles. The molecule has 42 heavy (non-hydrogen) atoms. The summed E-state index contributed by atoms with van der Waals surface area (Å²) in [5.41, 5.74) is -1.54. The Morgan fingerprint density at radius 2 is 1.76 bits per heavy atom. The van der Waals surface area contributed by atoms with Crippen molar-refractivity contribution in [2.24, 2.45) is 39.4 Å². The van der Waals surface area contributed by atoms with Crippen LogP contribution in [0.25, 0.3) is 0 Å². The number of carbonyl (C=O) groups is 3. The average molecular weight is 587 g/mol. The first kappa shape index (κ1) is 31.6. The van der Waals surface area contributed by atoms with E-state index in [4.69, 9.17) is 0 Å². The molecular weight excluding hydrogens is 536 g/mol. The lowest BCUT2D eigenvalue weighted by atomic mass is 9.39. The summed E-state index contributed by atoms with van der Waals surface area (Å²) in [6, 6.07) is 0. The fourth-order valence-corrected chi connectivity index (χ4v) is 11.2.